The number of carbonyl (C=O) groups excluding carboxylic acids is 3. The zero-order valence-electron chi connectivity index (χ0n) is 47.6. The molecular formula is C58H48ClF4N15O9S6. The average molecular weight is 1400 g/mol. The second-order valence-electron chi connectivity index (χ2n) is 19.7. The Balaban J connectivity index is 0.000000153. The van der Waals surface area contributed by atoms with Gasteiger partial charge in [0, 0.05) is 136 Å². The molecule has 6 heterocycles. The molecule has 35 heteroatoms. The molecule has 0 radical (unpaired) electrons. The molecule has 6 aromatic carbocycles. The summed E-state index contributed by atoms with van der Waals surface area (Å²) in [6, 6.07) is 36.5. The summed E-state index contributed by atoms with van der Waals surface area (Å²) >= 11 is 8.77. The van der Waals surface area contributed by atoms with Gasteiger partial charge in [0.05, 0.1) is 25.8 Å². The molecule has 12 aromatic rings. The van der Waals surface area contributed by atoms with Crippen molar-refractivity contribution < 1.29 is 57.2 Å². The van der Waals surface area contributed by atoms with E-state index in [-0.39, 0.29) is 79.4 Å². The Hall–Kier alpha value is -9.71. The molecule has 0 aliphatic rings. The van der Waals surface area contributed by atoms with Crippen LogP contribution in [0.3, 0.4) is 0 Å². The molecule has 3 amide bonds. The lowest BCUT2D eigenvalue weighted by Gasteiger charge is -2.10. The van der Waals surface area contributed by atoms with Crippen molar-refractivity contribution in [1.29, 1.82) is 0 Å². The second-order valence-corrected chi connectivity index (χ2v) is 27.5. The van der Waals surface area contributed by atoms with Crippen molar-refractivity contribution in [1.82, 2.24) is 41.8 Å². The first-order valence-electron chi connectivity index (χ1n) is 27.2. The first-order valence-corrected chi connectivity index (χ1v) is 34.3. The first-order chi connectivity index (χ1) is 44.4. The smallest absolute Gasteiger partial charge is 0.347 e. The van der Waals surface area contributed by atoms with Crippen LogP contribution in [0.1, 0.15) is 24.8 Å². The highest BCUT2D eigenvalue weighted by Gasteiger charge is 2.31. The van der Waals surface area contributed by atoms with Crippen LogP contribution in [0.4, 0.5) is 50.0 Å². The summed E-state index contributed by atoms with van der Waals surface area (Å²) in [6.45, 7) is 1.07. The number of nitrogens with zero attached hydrogens (tertiary/aromatic N) is 9. The second kappa shape index (κ2) is 28.8. The van der Waals surface area contributed by atoms with E-state index >= 15 is 0 Å². The van der Waals surface area contributed by atoms with Crippen molar-refractivity contribution in [2.45, 2.75) is 59.8 Å². The lowest BCUT2D eigenvalue weighted by Crippen LogP contribution is -2.15. The van der Waals surface area contributed by atoms with Gasteiger partial charge in [0.15, 0.2) is 0 Å². The third kappa shape index (κ3) is 17.5. The average Bonchev–Trinajstić information content (AvgIpc) is 1.13. The van der Waals surface area contributed by atoms with E-state index < -0.39 is 41.8 Å². The summed E-state index contributed by atoms with van der Waals surface area (Å²) < 4.78 is 150. The summed E-state index contributed by atoms with van der Waals surface area (Å²) in [5.41, 5.74) is 2.72. The third-order valence-corrected chi connectivity index (χ3v) is 19.9. The standard InChI is InChI=1S/C20H16F3N5O3S2.C19H16ClN5O3S2.C19H16FN5O3S2/c21-20(22,23)14-2-1-13-7-9-28(17(13)11-14)10-8-18(29)26-15-3-5-16(6-4-15)33(30,31)27-19-24-12-25-32-19;20-14-1-6-17-13(11-14)7-9-25(17)10-8-18(26)23-15-2-4-16(5-3-15)30(27,28)24-19-21-12-22-29-19;20-16-2-1-3-17-15(16)8-10-25(17)11-9-18(26)23-13-4-6-14(7-5-13)30(27,28)24-19-21-12-22-29-19/h1-7,9,11-12H,8,10H2,(H,26,29)(H,24,25,27);1-7,9,11-12H,8,10H2,(H,23,26)(H,21,22,24);1-8,10,12H,9,11H2,(H,23,26)(H,21,22,24). The Kier molecular flexibility index (Phi) is 20.5. The Bertz CT molecular complexity index is 4950. The molecule has 0 unspecified atom stereocenters. The van der Waals surface area contributed by atoms with Gasteiger partial charge >= 0.3 is 6.18 Å². The minimum absolute atomic E-state index is 0.0126. The van der Waals surface area contributed by atoms with Crippen molar-refractivity contribution in [3.8, 4) is 0 Å². The molecule has 0 saturated carbocycles. The van der Waals surface area contributed by atoms with Gasteiger partial charge in [-0.15, -0.1) is 0 Å². The maximum atomic E-state index is 13.8. The van der Waals surface area contributed by atoms with E-state index in [1.54, 1.807) is 53.4 Å². The molecular weight excluding hydrogens is 1350 g/mol. The molecule has 0 fully saturated rings. The van der Waals surface area contributed by atoms with Crippen LogP contribution in [0, 0.1) is 5.82 Å². The number of carbonyl (C=O) groups is 3. The predicted molar refractivity (Wildman–Crippen MR) is 347 cm³/mol. The van der Waals surface area contributed by atoms with Gasteiger partial charge in [0.2, 0.25) is 33.1 Å². The summed E-state index contributed by atoms with van der Waals surface area (Å²) in [5.74, 6) is -1.08. The maximum Gasteiger partial charge on any atom is 0.416 e. The molecule has 0 aliphatic carbocycles. The molecule has 0 saturated heterocycles. The Morgan fingerprint density at radius 2 is 0.871 bits per heavy atom. The minimum atomic E-state index is -4.45. The van der Waals surface area contributed by atoms with Crippen LogP contribution in [0.25, 0.3) is 32.7 Å². The number of alkyl halides is 3. The number of fused-ring (bicyclic) bond motifs is 3. The van der Waals surface area contributed by atoms with Crippen LogP contribution in [-0.2, 0) is 70.3 Å². The van der Waals surface area contributed by atoms with Crippen molar-refractivity contribution in [2.75, 3.05) is 30.1 Å². The molecule has 0 atom stereocenters. The van der Waals surface area contributed by atoms with Gasteiger partial charge in [-0.2, -0.15) is 26.3 Å². The first kappa shape index (κ1) is 66.2. The number of hydrogen-bond donors (Lipinski definition) is 6. The largest absolute Gasteiger partial charge is 0.416 e. The van der Waals surface area contributed by atoms with Gasteiger partial charge in [-0.1, -0.05) is 23.7 Å². The molecule has 24 nitrogen and oxygen atoms in total. The lowest BCUT2D eigenvalue weighted by atomic mass is 10.1. The summed E-state index contributed by atoms with van der Waals surface area (Å²) in [6.07, 6.45) is 5.05. The summed E-state index contributed by atoms with van der Waals surface area (Å²) in [7, 11) is -11.4. The molecule has 6 N–H and O–H groups in total. The van der Waals surface area contributed by atoms with Crippen molar-refractivity contribution in [2.24, 2.45) is 0 Å². The molecule has 480 valence electrons. The van der Waals surface area contributed by atoms with E-state index in [4.69, 9.17) is 11.6 Å². The van der Waals surface area contributed by atoms with E-state index in [2.05, 4.69) is 58.2 Å². The van der Waals surface area contributed by atoms with Crippen LogP contribution in [0.5, 0.6) is 0 Å². The highest BCUT2D eigenvalue weighted by Crippen LogP contribution is 2.32. The summed E-state index contributed by atoms with van der Waals surface area (Å²) in [4.78, 5) is 48.3. The zero-order chi connectivity index (χ0) is 65.9. The highest BCUT2D eigenvalue weighted by molar-refractivity contribution is 7.93. The minimum Gasteiger partial charge on any atom is -0.347 e. The third-order valence-electron chi connectivity index (χ3n) is 13.4. The van der Waals surface area contributed by atoms with E-state index in [9.17, 15) is 57.2 Å². The van der Waals surface area contributed by atoms with Gasteiger partial charge in [0.25, 0.3) is 30.1 Å². The molecule has 93 heavy (non-hydrogen) atoms. The number of aromatic nitrogens is 9. The Morgan fingerprint density at radius 3 is 1.29 bits per heavy atom. The number of hydrogen-bond acceptors (Lipinski definition) is 18. The number of amides is 3. The van der Waals surface area contributed by atoms with Gasteiger partial charge < -0.3 is 29.7 Å². The number of anilines is 6. The Morgan fingerprint density at radius 1 is 0.462 bits per heavy atom. The Labute approximate surface area is 544 Å². The van der Waals surface area contributed by atoms with Crippen LogP contribution in [-0.4, -0.2) is 84.7 Å². The van der Waals surface area contributed by atoms with Crippen LogP contribution >= 0.6 is 46.2 Å². The number of sulfonamides is 3. The fraction of sp³-hybridized carbons (Fsp3) is 0.121. The topological polar surface area (TPSA) is 318 Å². The maximum absolute atomic E-state index is 13.8. The number of nitrogens with one attached hydrogen (secondary N) is 6. The molecule has 12 rings (SSSR count). The van der Waals surface area contributed by atoms with Gasteiger partial charge in [-0.3, -0.25) is 28.5 Å². The van der Waals surface area contributed by atoms with Crippen LogP contribution in [0.15, 0.2) is 198 Å². The van der Waals surface area contributed by atoms with Crippen LogP contribution in [0.2, 0.25) is 5.02 Å². The van der Waals surface area contributed by atoms with E-state index in [1.807, 2.05) is 39.6 Å². The van der Waals surface area contributed by atoms with Gasteiger partial charge in [-0.05, 0) is 139 Å². The number of aryl methyl sites for hydroxylation is 3. The fourth-order valence-corrected chi connectivity index (χ4v) is 14.1. The predicted octanol–water partition coefficient (Wildman–Crippen LogP) is 11.8. The van der Waals surface area contributed by atoms with Crippen LogP contribution < -0.4 is 30.1 Å². The van der Waals surface area contributed by atoms with E-state index in [1.165, 1.54) is 91.8 Å². The SMILES string of the molecule is O=C(CCn1ccc2c(F)cccc21)Nc1ccc(S(=O)(=O)Nc2ncns2)cc1.O=C(CCn1ccc2cc(Cl)ccc21)Nc1ccc(S(=O)(=O)Nc2ncns2)cc1.O=C(CCn1ccc2ccc(C(F)(F)F)cc21)Nc1ccc(S(=O)(=O)Nc2ncns2)cc1. The molecule has 0 bridgehead atoms. The van der Waals surface area contributed by atoms with E-state index in [0.29, 0.717) is 51.5 Å². The van der Waals surface area contributed by atoms with Crippen molar-refractivity contribution in [3.63, 3.8) is 0 Å². The molecule has 6 aromatic heterocycles. The van der Waals surface area contributed by atoms with Gasteiger partial charge in [-0.25, -0.2) is 44.6 Å². The zero-order valence-corrected chi connectivity index (χ0v) is 53.3. The van der Waals surface area contributed by atoms with Crippen molar-refractivity contribution >= 4 is 159 Å². The van der Waals surface area contributed by atoms with E-state index in [0.717, 1.165) is 63.1 Å². The lowest BCUT2D eigenvalue weighted by molar-refractivity contribution is -0.137. The summed E-state index contributed by atoms with van der Waals surface area (Å²) in [5, 5.41) is 11.5. The molecule has 0 spiro atoms. The quantitative estimate of drug-likeness (QED) is 0.0364. The fourth-order valence-electron chi connectivity index (χ4n) is 8.97. The molecule has 0 aliphatic heterocycles. The number of benzene rings is 6. The van der Waals surface area contributed by atoms with Gasteiger partial charge in [0.1, 0.15) is 24.8 Å². The number of halogens is 5. The van der Waals surface area contributed by atoms with Crippen molar-refractivity contribution in [3.05, 3.63) is 200 Å². The normalized spacial score (nSPS) is 11.7. The monoisotopic (exact) mass is 1400 g/mol. The number of rotatable bonds is 21. The highest BCUT2D eigenvalue weighted by atomic mass is 35.5.